The number of nitrogens with zero attached hydrogens (tertiary/aromatic N) is 1. The van der Waals surface area contributed by atoms with E-state index in [1.165, 1.54) is 19.5 Å². The lowest BCUT2D eigenvalue weighted by atomic mass is 10.1. The molecule has 1 heteroatoms. The lowest BCUT2D eigenvalue weighted by molar-refractivity contribution is 0.244. The standard InChI is InChI=1S/C9H17N.C2H6/c1-4-10-6-5-8(2)7-9(10)3;1-2/h7,9H,4-6H2,1-3H3;1-2H3. The zero-order valence-corrected chi connectivity index (χ0v) is 9.22. The molecule has 12 heavy (non-hydrogen) atoms. The molecule has 1 aliphatic rings. The summed E-state index contributed by atoms with van der Waals surface area (Å²) in [7, 11) is 0. The Kier molecular flexibility index (Phi) is 6.09. The number of hydrogen-bond donors (Lipinski definition) is 0. The van der Waals surface area contributed by atoms with Crippen molar-refractivity contribution >= 4 is 0 Å². The Bertz CT molecular complexity index is 138. The van der Waals surface area contributed by atoms with Crippen molar-refractivity contribution in [2.24, 2.45) is 0 Å². The van der Waals surface area contributed by atoms with Gasteiger partial charge in [-0.05, 0) is 26.8 Å². The quantitative estimate of drug-likeness (QED) is 0.545. The van der Waals surface area contributed by atoms with Crippen LogP contribution in [0.15, 0.2) is 11.6 Å². The molecule has 0 fully saturated rings. The average molecular weight is 169 g/mol. The fraction of sp³-hybridized carbons (Fsp3) is 0.818. The fourth-order valence-corrected chi connectivity index (χ4v) is 1.57. The number of rotatable bonds is 1. The molecule has 0 spiro atoms. The first-order chi connectivity index (χ1) is 5.74. The van der Waals surface area contributed by atoms with Gasteiger partial charge in [0.15, 0.2) is 0 Å². The lowest BCUT2D eigenvalue weighted by Crippen LogP contribution is -2.35. The van der Waals surface area contributed by atoms with Gasteiger partial charge >= 0.3 is 0 Å². The van der Waals surface area contributed by atoms with Gasteiger partial charge in [0, 0.05) is 12.6 Å². The van der Waals surface area contributed by atoms with Gasteiger partial charge < -0.3 is 0 Å². The van der Waals surface area contributed by atoms with E-state index in [0.717, 1.165) is 0 Å². The van der Waals surface area contributed by atoms with Gasteiger partial charge in [-0.3, -0.25) is 4.90 Å². The molecule has 0 saturated heterocycles. The average Bonchev–Trinajstić information content (AvgIpc) is 2.08. The minimum absolute atomic E-state index is 0.666. The van der Waals surface area contributed by atoms with Crippen molar-refractivity contribution in [3.05, 3.63) is 11.6 Å². The molecule has 0 aliphatic carbocycles. The van der Waals surface area contributed by atoms with Crippen molar-refractivity contribution < 1.29 is 0 Å². The van der Waals surface area contributed by atoms with Crippen molar-refractivity contribution in [2.75, 3.05) is 13.1 Å². The van der Waals surface area contributed by atoms with Crippen LogP contribution in [-0.2, 0) is 0 Å². The predicted molar refractivity (Wildman–Crippen MR) is 56.4 cm³/mol. The maximum atomic E-state index is 2.49. The third kappa shape index (κ3) is 3.40. The van der Waals surface area contributed by atoms with E-state index in [1.54, 1.807) is 5.57 Å². The first-order valence-electron chi connectivity index (χ1n) is 5.15. The Labute approximate surface area is 77.5 Å². The van der Waals surface area contributed by atoms with Crippen molar-refractivity contribution in [3.8, 4) is 0 Å². The minimum atomic E-state index is 0.666. The first kappa shape index (κ1) is 11.7. The summed E-state index contributed by atoms with van der Waals surface area (Å²) in [5.74, 6) is 0. The highest BCUT2D eigenvalue weighted by Crippen LogP contribution is 2.14. The summed E-state index contributed by atoms with van der Waals surface area (Å²) in [4.78, 5) is 2.49. The molecule has 1 nitrogen and oxygen atoms in total. The zero-order valence-electron chi connectivity index (χ0n) is 9.22. The fourth-order valence-electron chi connectivity index (χ4n) is 1.57. The molecular formula is C11H23N. The van der Waals surface area contributed by atoms with E-state index in [9.17, 15) is 0 Å². The number of likely N-dealkylation sites (N-methyl/N-ethyl adjacent to an activating group) is 1. The van der Waals surface area contributed by atoms with Crippen LogP contribution in [0.4, 0.5) is 0 Å². The van der Waals surface area contributed by atoms with Crippen LogP contribution in [0.5, 0.6) is 0 Å². The van der Waals surface area contributed by atoms with Crippen LogP contribution in [0.1, 0.15) is 41.0 Å². The molecule has 0 aromatic carbocycles. The van der Waals surface area contributed by atoms with Gasteiger partial charge in [-0.1, -0.05) is 32.4 Å². The molecule has 0 bridgehead atoms. The predicted octanol–water partition coefficient (Wildman–Crippen LogP) is 3.07. The molecule has 1 rings (SSSR count). The molecule has 0 amide bonds. The summed E-state index contributed by atoms with van der Waals surface area (Å²) in [6.45, 7) is 13.2. The Morgan fingerprint density at radius 3 is 2.50 bits per heavy atom. The molecule has 72 valence electrons. The van der Waals surface area contributed by atoms with E-state index in [-0.39, 0.29) is 0 Å². The highest BCUT2D eigenvalue weighted by molar-refractivity contribution is 5.07. The second kappa shape index (κ2) is 6.24. The summed E-state index contributed by atoms with van der Waals surface area (Å²) < 4.78 is 0. The topological polar surface area (TPSA) is 3.24 Å². The molecular weight excluding hydrogens is 146 g/mol. The van der Waals surface area contributed by atoms with Gasteiger partial charge in [-0.2, -0.15) is 0 Å². The SMILES string of the molecule is CC.CCN1CCC(C)=CC1C. The summed E-state index contributed by atoms with van der Waals surface area (Å²) in [6.07, 6.45) is 3.63. The Balaban J connectivity index is 0.000000561. The largest absolute Gasteiger partial charge is 0.297 e. The van der Waals surface area contributed by atoms with Crippen molar-refractivity contribution in [1.29, 1.82) is 0 Å². The van der Waals surface area contributed by atoms with Crippen molar-refractivity contribution in [3.63, 3.8) is 0 Å². The van der Waals surface area contributed by atoms with Gasteiger partial charge in [0.05, 0.1) is 0 Å². The van der Waals surface area contributed by atoms with Crippen LogP contribution in [0, 0.1) is 0 Å². The highest BCUT2D eigenvalue weighted by atomic mass is 15.1. The van der Waals surface area contributed by atoms with Crippen LogP contribution in [0.2, 0.25) is 0 Å². The van der Waals surface area contributed by atoms with Crippen LogP contribution in [0.3, 0.4) is 0 Å². The van der Waals surface area contributed by atoms with Crippen LogP contribution >= 0.6 is 0 Å². The summed E-state index contributed by atoms with van der Waals surface area (Å²) in [6, 6.07) is 0.666. The van der Waals surface area contributed by atoms with Crippen molar-refractivity contribution in [2.45, 2.75) is 47.1 Å². The van der Waals surface area contributed by atoms with E-state index >= 15 is 0 Å². The molecule has 0 saturated carbocycles. The Morgan fingerprint density at radius 1 is 1.50 bits per heavy atom. The minimum Gasteiger partial charge on any atom is -0.297 e. The van der Waals surface area contributed by atoms with E-state index in [1.807, 2.05) is 13.8 Å². The maximum Gasteiger partial charge on any atom is 0.0252 e. The lowest BCUT2D eigenvalue weighted by Gasteiger charge is -2.30. The molecule has 1 aliphatic heterocycles. The van der Waals surface area contributed by atoms with Crippen LogP contribution in [0.25, 0.3) is 0 Å². The van der Waals surface area contributed by atoms with Gasteiger partial charge in [-0.25, -0.2) is 0 Å². The molecule has 0 N–H and O–H groups in total. The second-order valence-corrected chi connectivity index (χ2v) is 3.13. The molecule has 1 unspecified atom stereocenters. The maximum absolute atomic E-state index is 2.49. The highest BCUT2D eigenvalue weighted by Gasteiger charge is 2.13. The third-order valence-corrected chi connectivity index (χ3v) is 2.30. The molecule has 0 radical (unpaired) electrons. The Morgan fingerprint density at radius 2 is 2.08 bits per heavy atom. The zero-order chi connectivity index (χ0) is 9.56. The van der Waals surface area contributed by atoms with Gasteiger partial charge in [0.1, 0.15) is 0 Å². The van der Waals surface area contributed by atoms with Crippen molar-refractivity contribution in [1.82, 2.24) is 4.90 Å². The summed E-state index contributed by atoms with van der Waals surface area (Å²) in [5, 5.41) is 0. The molecule has 0 aromatic rings. The molecule has 1 heterocycles. The van der Waals surface area contributed by atoms with Gasteiger partial charge in [0.2, 0.25) is 0 Å². The molecule has 1 atom stereocenters. The normalized spacial score (nSPS) is 24.1. The third-order valence-electron chi connectivity index (χ3n) is 2.30. The smallest absolute Gasteiger partial charge is 0.0252 e. The van der Waals surface area contributed by atoms with Gasteiger partial charge in [0.25, 0.3) is 0 Å². The van der Waals surface area contributed by atoms with Gasteiger partial charge in [-0.15, -0.1) is 0 Å². The van der Waals surface area contributed by atoms with Crippen LogP contribution < -0.4 is 0 Å². The van der Waals surface area contributed by atoms with E-state index in [0.29, 0.717) is 6.04 Å². The second-order valence-electron chi connectivity index (χ2n) is 3.13. The molecule has 0 aromatic heterocycles. The monoisotopic (exact) mass is 169 g/mol. The summed E-state index contributed by atoms with van der Waals surface area (Å²) >= 11 is 0. The van der Waals surface area contributed by atoms with E-state index in [4.69, 9.17) is 0 Å². The number of hydrogen-bond acceptors (Lipinski definition) is 1. The van der Waals surface area contributed by atoms with E-state index in [2.05, 4.69) is 31.7 Å². The Hall–Kier alpha value is -0.300. The van der Waals surface area contributed by atoms with Crippen LogP contribution in [-0.4, -0.2) is 24.0 Å². The first-order valence-corrected chi connectivity index (χ1v) is 5.15. The van der Waals surface area contributed by atoms with E-state index < -0.39 is 0 Å². The summed E-state index contributed by atoms with van der Waals surface area (Å²) in [5.41, 5.74) is 1.55.